The van der Waals surface area contributed by atoms with Gasteiger partial charge in [0.2, 0.25) is 0 Å². The minimum absolute atomic E-state index is 0.144. The fourth-order valence-corrected chi connectivity index (χ4v) is 3.24. The van der Waals surface area contributed by atoms with Crippen LogP contribution < -0.4 is 10.2 Å². The molecule has 1 atom stereocenters. The molecule has 1 saturated heterocycles. The van der Waals surface area contributed by atoms with Crippen LogP contribution in [0.3, 0.4) is 0 Å². The molecule has 108 valence electrons. The second kappa shape index (κ2) is 5.77. The van der Waals surface area contributed by atoms with Crippen molar-refractivity contribution in [1.29, 1.82) is 0 Å². The molecule has 0 spiro atoms. The zero-order valence-electron chi connectivity index (χ0n) is 12.7. The summed E-state index contributed by atoms with van der Waals surface area (Å²) in [5.41, 5.74) is 1.30. The van der Waals surface area contributed by atoms with E-state index in [1.165, 1.54) is 5.13 Å². The summed E-state index contributed by atoms with van der Waals surface area (Å²) in [7, 11) is 2.19. The Morgan fingerprint density at radius 2 is 2.16 bits per heavy atom. The second-order valence-corrected chi connectivity index (χ2v) is 7.37. The first-order valence-electron chi connectivity index (χ1n) is 7.00. The molecule has 0 aliphatic carbocycles. The third-order valence-electron chi connectivity index (χ3n) is 3.42. The first-order valence-corrected chi connectivity index (χ1v) is 7.88. The number of nitrogens with zero attached hydrogens (tertiary/aromatic N) is 3. The van der Waals surface area contributed by atoms with Gasteiger partial charge in [-0.2, -0.15) is 0 Å². The summed E-state index contributed by atoms with van der Waals surface area (Å²) in [4.78, 5) is 9.60. The van der Waals surface area contributed by atoms with Crippen LogP contribution in [0.5, 0.6) is 0 Å². The topological polar surface area (TPSA) is 31.4 Å². The highest BCUT2D eigenvalue weighted by Gasteiger charge is 2.23. The van der Waals surface area contributed by atoms with Crippen LogP contribution in [-0.4, -0.2) is 48.1 Å². The van der Waals surface area contributed by atoms with Crippen LogP contribution in [0.4, 0.5) is 5.13 Å². The highest BCUT2D eigenvalue weighted by atomic mass is 32.1. The van der Waals surface area contributed by atoms with Gasteiger partial charge < -0.3 is 15.1 Å². The van der Waals surface area contributed by atoms with Crippen LogP contribution in [0, 0.1) is 0 Å². The van der Waals surface area contributed by atoms with E-state index in [0.29, 0.717) is 6.04 Å². The highest BCUT2D eigenvalue weighted by molar-refractivity contribution is 7.13. The van der Waals surface area contributed by atoms with Crippen molar-refractivity contribution in [3.05, 3.63) is 11.1 Å². The predicted molar refractivity (Wildman–Crippen MR) is 83.0 cm³/mol. The molecule has 0 bridgehead atoms. The smallest absolute Gasteiger partial charge is 0.185 e. The molecule has 1 aliphatic heterocycles. The maximum absolute atomic E-state index is 4.78. The van der Waals surface area contributed by atoms with Gasteiger partial charge in [0.1, 0.15) is 0 Å². The molecule has 4 nitrogen and oxygen atoms in total. The molecule has 0 amide bonds. The van der Waals surface area contributed by atoms with E-state index < -0.39 is 0 Å². The van der Waals surface area contributed by atoms with Crippen molar-refractivity contribution >= 4 is 16.5 Å². The minimum Gasteiger partial charge on any atom is -0.343 e. The highest BCUT2D eigenvalue weighted by Crippen LogP contribution is 2.24. The lowest BCUT2D eigenvalue weighted by Crippen LogP contribution is -2.50. The summed E-state index contributed by atoms with van der Waals surface area (Å²) >= 11 is 1.77. The number of nitrogens with one attached hydrogen (secondary N) is 1. The molecule has 0 aromatic carbocycles. The molecule has 5 heteroatoms. The molecule has 1 aromatic heterocycles. The van der Waals surface area contributed by atoms with Crippen LogP contribution in [-0.2, 0) is 6.54 Å². The summed E-state index contributed by atoms with van der Waals surface area (Å²) in [6, 6.07) is 0.549. The normalized spacial score (nSPS) is 21.9. The number of likely N-dealkylation sites (N-methyl/N-ethyl adjacent to an activating group) is 1. The Balaban J connectivity index is 1.97. The number of aromatic nitrogens is 1. The quantitative estimate of drug-likeness (QED) is 0.921. The lowest BCUT2D eigenvalue weighted by molar-refractivity contribution is 0.275. The number of anilines is 1. The number of hydrogen-bond donors (Lipinski definition) is 1. The third kappa shape index (κ3) is 4.16. The standard InChI is InChI=1S/C14H26N4S/c1-11-9-17(5)6-7-18(11)13-16-12(10-19-13)8-15-14(2,3)4/h10-11,15H,6-9H2,1-5H3. The average molecular weight is 282 g/mol. The van der Waals surface area contributed by atoms with Gasteiger partial charge in [0.05, 0.1) is 5.69 Å². The Kier molecular flexibility index (Phi) is 4.48. The van der Waals surface area contributed by atoms with Crippen LogP contribution in [0.15, 0.2) is 5.38 Å². The average Bonchev–Trinajstić information content (AvgIpc) is 2.74. The van der Waals surface area contributed by atoms with E-state index in [0.717, 1.165) is 31.9 Å². The van der Waals surface area contributed by atoms with Gasteiger partial charge in [0, 0.05) is 43.1 Å². The zero-order valence-corrected chi connectivity index (χ0v) is 13.5. The van der Waals surface area contributed by atoms with Gasteiger partial charge in [-0.15, -0.1) is 11.3 Å². The molecule has 2 heterocycles. The molecule has 1 fully saturated rings. The van der Waals surface area contributed by atoms with Crippen molar-refractivity contribution in [1.82, 2.24) is 15.2 Å². The summed E-state index contributed by atoms with van der Waals surface area (Å²) in [5.74, 6) is 0. The van der Waals surface area contributed by atoms with E-state index in [1.807, 2.05) is 0 Å². The predicted octanol–water partition coefficient (Wildman–Crippen LogP) is 2.17. The third-order valence-corrected chi connectivity index (χ3v) is 4.34. The molecule has 1 N–H and O–H groups in total. The van der Waals surface area contributed by atoms with E-state index in [2.05, 4.69) is 55.2 Å². The maximum Gasteiger partial charge on any atom is 0.185 e. The van der Waals surface area contributed by atoms with Gasteiger partial charge in [-0.05, 0) is 34.7 Å². The Hall–Kier alpha value is -0.650. The summed E-state index contributed by atoms with van der Waals surface area (Å²) in [6.07, 6.45) is 0. The first kappa shape index (κ1) is 14.8. The van der Waals surface area contributed by atoms with Crippen LogP contribution in [0.25, 0.3) is 0 Å². The van der Waals surface area contributed by atoms with Crippen molar-refractivity contribution in [2.24, 2.45) is 0 Å². The van der Waals surface area contributed by atoms with Crippen LogP contribution >= 0.6 is 11.3 Å². The SMILES string of the molecule is CC1CN(C)CCN1c1nc(CNC(C)(C)C)cs1. The van der Waals surface area contributed by atoms with E-state index in [1.54, 1.807) is 11.3 Å². The molecule has 1 aliphatic rings. The fraction of sp³-hybridized carbons (Fsp3) is 0.786. The molecular formula is C14H26N4S. The van der Waals surface area contributed by atoms with Crippen molar-refractivity contribution in [3.63, 3.8) is 0 Å². The summed E-state index contributed by atoms with van der Waals surface area (Å²) in [6.45, 7) is 13.0. The Morgan fingerprint density at radius 1 is 1.42 bits per heavy atom. The van der Waals surface area contributed by atoms with Gasteiger partial charge in [0.25, 0.3) is 0 Å². The molecule has 0 saturated carbocycles. The number of thiazole rings is 1. The first-order chi connectivity index (χ1) is 8.85. The number of hydrogen-bond acceptors (Lipinski definition) is 5. The van der Waals surface area contributed by atoms with E-state index in [4.69, 9.17) is 4.98 Å². The maximum atomic E-state index is 4.78. The molecule has 1 unspecified atom stereocenters. The van der Waals surface area contributed by atoms with Gasteiger partial charge in [0.15, 0.2) is 5.13 Å². The van der Waals surface area contributed by atoms with Crippen LogP contribution in [0.1, 0.15) is 33.4 Å². The molecular weight excluding hydrogens is 256 g/mol. The summed E-state index contributed by atoms with van der Waals surface area (Å²) in [5, 5.41) is 6.84. The van der Waals surface area contributed by atoms with Crippen LogP contribution in [0.2, 0.25) is 0 Å². The number of piperazine rings is 1. The van der Waals surface area contributed by atoms with E-state index in [9.17, 15) is 0 Å². The summed E-state index contributed by atoms with van der Waals surface area (Å²) < 4.78 is 0. The Bertz CT molecular complexity index is 410. The Labute approximate surface area is 120 Å². The fourth-order valence-electron chi connectivity index (χ4n) is 2.29. The van der Waals surface area contributed by atoms with Gasteiger partial charge in [-0.25, -0.2) is 4.98 Å². The van der Waals surface area contributed by atoms with Crippen molar-refractivity contribution in [3.8, 4) is 0 Å². The molecule has 0 radical (unpaired) electrons. The molecule has 2 rings (SSSR count). The molecule has 19 heavy (non-hydrogen) atoms. The lowest BCUT2D eigenvalue weighted by Gasteiger charge is -2.38. The lowest BCUT2D eigenvalue weighted by atomic mass is 10.1. The Morgan fingerprint density at radius 3 is 2.79 bits per heavy atom. The molecule has 1 aromatic rings. The van der Waals surface area contributed by atoms with Crippen molar-refractivity contribution in [2.45, 2.75) is 45.8 Å². The monoisotopic (exact) mass is 282 g/mol. The van der Waals surface area contributed by atoms with Crippen molar-refractivity contribution < 1.29 is 0 Å². The van der Waals surface area contributed by atoms with Crippen molar-refractivity contribution in [2.75, 3.05) is 31.6 Å². The largest absolute Gasteiger partial charge is 0.343 e. The zero-order chi connectivity index (χ0) is 14.0. The van der Waals surface area contributed by atoms with Gasteiger partial charge >= 0.3 is 0 Å². The van der Waals surface area contributed by atoms with E-state index >= 15 is 0 Å². The minimum atomic E-state index is 0.144. The van der Waals surface area contributed by atoms with E-state index in [-0.39, 0.29) is 5.54 Å². The second-order valence-electron chi connectivity index (χ2n) is 6.53. The number of rotatable bonds is 3. The van der Waals surface area contributed by atoms with Gasteiger partial charge in [-0.3, -0.25) is 0 Å². The van der Waals surface area contributed by atoms with Gasteiger partial charge in [-0.1, -0.05) is 0 Å².